The highest BCUT2D eigenvalue weighted by molar-refractivity contribution is 7.97. The fraction of sp³-hybridized carbons (Fsp3) is 0.667. The van der Waals surface area contributed by atoms with Crippen LogP contribution in [-0.4, -0.2) is 24.0 Å². The van der Waals surface area contributed by atoms with Crippen molar-refractivity contribution in [2.24, 2.45) is 0 Å². The van der Waals surface area contributed by atoms with Gasteiger partial charge >= 0.3 is 0 Å². The molecule has 16 heavy (non-hydrogen) atoms. The highest BCUT2D eigenvalue weighted by Gasteiger charge is 2.04. The van der Waals surface area contributed by atoms with Crippen LogP contribution in [0.15, 0.2) is 16.5 Å². The van der Waals surface area contributed by atoms with Crippen LogP contribution >= 0.6 is 11.8 Å². The van der Waals surface area contributed by atoms with Crippen molar-refractivity contribution in [1.29, 1.82) is 0 Å². The summed E-state index contributed by atoms with van der Waals surface area (Å²) in [5, 5.41) is 12.1. The Balaban J connectivity index is 2.25. The average molecular weight is 243 g/mol. The number of aliphatic hydroxyl groups excluding tert-OH is 1. The van der Waals surface area contributed by atoms with Gasteiger partial charge in [-0.15, -0.1) is 0 Å². The molecule has 0 amide bonds. The Kier molecular flexibility index (Phi) is 6.61. The molecule has 0 saturated heterocycles. The summed E-state index contributed by atoms with van der Waals surface area (Å²) in [7, 11) is 0. The Labute approximate surface area is 102 Å². The maximum absolute atomic E-state index is 8.71. The van der Waals surface area contributed by atoms with Crippen LogP contribution in [0, 0.1) is 0 Å². The van der Waals surface area contributed by atoms with E-state index in [0.717, 1.165) is 36.7 Å². The topological polar surface area (TPSA) is 45.4 Å². The molecule has 1 aromatic rings. The van der Waals surface area contributed by atoms with E-state index in [1.165, 1.54) is 0 Å². The molecule has 1 rings (SSSR count). The van der Waals surface area contributed by atoms with Crippen molar-refractivity contribution in [1.82, 2.24) is 5.32 Å². The number of hydrogen-bond acceptors (Lipinski definition) is 4. The molecule has 1 aromatic heterocycles. The average Bonchev–Trinajstić information content (AvgIpc) is 2.72. The van der Waals surface area contributed by atoms with Crippen LogP contribution < -0.4 is 5.32 Å². The molecular weight excluding hydrogens is 222 g/mol. The van der Waals surface area contributed by atoms with Gasteiger partial charge in [-0.3, -0.25) is 0 Å². The molecule has 0 aliphatic heterocycles. The van der Waals surface area contributed by atoms with Crippen LogP contribution in [-0.2, 0) is 12.3 Å². The first-order valence-electron chi connectivity index (χ1n) is 5.67. The third-order valence-electron chi connectivity index (χ3n) is 2.42. The summed E-state index contributed by atoms with van der Waals surface area (Å²) in [5.74, 6) is 2.95. The summed E-state index contributed by atoms with van der Waals surface area (Å²) in [6.45, 7) is 3.16. The summed E-state index contributed by atoms with van der Waals surface area (Å²) >= 11 is 1.76. The Hall–Kier alpha value is -0.450. The fourth-order valence-electron chi connectivity index (χ4n) is 1.51. The molecule has 4 heteroatoms. The molecule has 0 fully saturated rings. The molecule has 1 atom stereocenters. The lowest BCUT2D eigenvalue weighted by Gasteiger charge is -2.11. The van der Waals surface area contributed by atoms with Gasteiger partial charge in [0.05, 0.1) is 12.3 Å². The lowest BCUT2D eigenvalue weighted by Crippen LogP contribution is -2.25. The number of furan rings is 1. The number of rotatable bonds is 8. The summed E-state index contributed by atoms with van der Waals surface area (Å²) in [4.78, 5) is 0. The standard InChI is InChI=1S/C12H21NO2S/c1-10(4-3-7-14)13-8-11-5-6-12(15-11)9-16-2/h5-6,10,13-14H,3-4,7-9H2,1-2H3. The summed E-state index contributed by atoms with van der Waals surface area (Å²) in [6, 6.07) is 4.48. The number of thioether (sulfide) groups is 1. The molecule has 1 unspecified atom stereocenters. The number of aliphatic hydroxyl groups is 1. The van der Waals surface area contributed by atoms with Gasteiger partial charge in [-0.2, -0.15) is 11.8 Å². The van der Waals surface area contributed by atoms with Crippen LogP contribution in [0.1, 0.15) is 31.3 Å². The minimum Gasteiger partial charge on any atom is -0.464 e. The van der Waals surface area contributed by atoms with E-state index in [1.54, 1.807) is 11.8 Å². The summed E-state index contributed by atoms with van der Waals surface area (Å²) in [6.07, 6.45) is 3.91. The van der Waals surface area contributed by atoms with Crippen molar-refractivity contribution in [2.45, 2.75) is 38.1 Å². The molecule has 0 radical (unpaired) electrons. The first-order valence-corrected chi connectivity index (χ1v) is 7.06. The monoisotopic (exact) mass is 243 g/mol. The predicted molar refractivity (Wildman–Crippen MR) is 68.5 cm³/mol. The van der Waals surface area contributed by atoms with E-state index < -0.39 is 0 Å². The maximum atomic E-state index is 8.71. The van der Waals surface area contributed by atoms with E-state index in [0.29, 0.717) is 6.04 Å². The van der Waals surface area contributed by atoms with Crippen LogP contribution in [0.2, 0.25) is 0 Å². The molecule has 2 N–H and O–H groups in total. The van der Waals surface area contributed by atoms with Crippen LogP contribution in [0.4, 0.5) is 0 Å². The van der Waals surface area contributed by atoms with E-state index in [4.69, 9.17) is 9.52 Å². The predicted octanol–water partition coefficient (Wildman–Crippen LogP) is 2.39. The van der Waals surface area contributed by atoms with Crippen molar-refractivity contribution < 1.29 is 9.52 Å². The van der Waals surface area contributed by atoms with E-state index >= 15 is 0 Å². The van der Waals surface area contributed by atoms with Crippen molar-refractivity contribution >= 4 is 11.8 Å². The molecule has 1 heterocycles. The molecule has 0 aliphatic carbocycles. The third-order valence-corrected chi connectivity index (χ3v) is 3.00. The lowest BCUT2D eigenvalue weighted by atomic mass is 10.2. The minimum atomic E-state index is 0.268. The molecule has 92 valence electrons. The van der Waals surface area contributed by atoms with Crippen molar-refractivity contribution in [3.8, 4) is 0 Å². The van der Waals surface area contributed by atoms with E-state index in [2.05, 4.69) is 18.5 Å². The Morgan fingerprint density at radius 2 is 2.19 bits per heavy atom. The normalized spacial score (nSPS) is 12.9. The quantitative estimate of drug-likeness (QED) is 0.736. The summed E-state index contributed by atoms with van der Waals surface area (Å²) < 4.78 is 5.65. The molecule has 0 aromatic carbocycles. The smallest absolute Gasteiger partial charge is 0.118 e. The Morgan fingerprint density at radius 1 is 1.44 bits per heavy atom. The summed E-state index contributed by atoms with van der Waals surface area (Å²) in [5.41, 5.74) is 0. The van der Waals surface area contributed by atoms with Gasteiger partial charge in [-0.25, -0.2) is 0 Å². The largest absolute Gasteiger partial charge is 0.464 e. The van der Waals surface area contributed by atoms with E-state index in [1.807, 2.05) is 12.1 Å². The van der Waals surface area contributed by atoms with Crippen LogP contribution in [0.5, 0.6) is 0 Å². The van der Waals surface area contributed by atoms with E-state index in [9.17, 15) is 0 Å². The number of hydrogen-bond donors (Lipinski definition) is 2. The van der Waals surface area contributed by atoms with Gasteiger partial charge in [0.25, 0.3) is 0 Å². The second-order valence-electron chi connectivity index (χ2n) is 3.95. The zero-order valence-corrected chi connectivity index (χ0v) is 10.8. The van der Waals surface area contributed by atoms with Gasteiger partial charge in [-0.05, 0) is 38.2 Å². The highest BCUT2D eigenvalue weighted by Crippen LogP contribution is 2.13. The maximum Gasteiger partial charge on any atom is 0.118 e. The zero-order chi connectivity index (χ0) is 11.8. The van der Waals surface area contributed by atoms with Gasteiger partial charge < -0.3 is 14.8 Å². The fourth-order valence-corrected chi connectivity index (χ4v) is 1.95. The lowest BCUT2D eigenvalue weighted by molar-refractivity contribution is 0.275. The van der Waals surface area contributed by atoms with Gasteiger partial charge in [0.1, 0.15) is 11.5 Å². The van der Waals surface area contributed by atoms with E-state index in [-0.39, 0.29) is 6.61 Å². The molecular formula is C12H21NO2S. The van der Waals surface area contributed by atoms with Gasteiger partial charge in [0.15, 0.2) is 0 Å². The molecule has 0 aliphatic rings. The molecule has 0 saturated carbocycles. The van der Waals surface area contributed by atoms with Gasteiger partial charge in [0.2, 0.25) is 0 Å². The van der Waals surface area contributed by atoms with Crippen molar-refractivity contribution in [3.05, 3.63) is 23.7 Å². The van der Waals surface area contributed by atoms with Gasteiger partial charge in [-0.1, -0.05) is 0 Å². The minimum absolute atomic E-state index is 0.268. The first kappa shape index (κ1) is 13.6. The third kappa shape index (κ3) is 5.05. The van der Waals surface area contributed by atoms with Crippen molar-refractivity contribution in [3.63, 3.8) is 0 Å². The highest BCUT2D eigenvalue weighted by atomic mass is 32.2. The molecule has 3 nitrogen and oxygen atoms in total. The van der Waals surface area contributed by atoms with Crippen LogP contribution in [0.3, 0.4) is 0 Å². The van der Waals surface area contributed by atoms with Crippen molar-refractivity contribution in [2.75, 3.05) is 12.9 Å². The zero-order valence-electron chi connectivity index (χ0n) is 10.0. The number of nitrogens with one attached hydrogen (secondary N) is 1. The second kappa shape index (κ2) is 7.76. The Morgan fingerprint density at radius 3 is 2.88 bits per heavy atom. The SMILES string of the molecule is CSCc1ccc(CNC(C)CCCO)o1. The van der Waals surface area contributed by atoms with Gasteiger partial charge in [0, 0.05) is 12.6 Å². The molecule has 0 spiro atoms. The molecule has 0 bridgehead atoms. The first-order chi connectivity index (χ1) is 7.76. The second-order valence-corrected chi connectivity index (χ2v) is 4.81. The van der Waals surface area contributed by atoms with Crippen LogP contribution in [0.25, 0.3) is 0 Å². The Bertz CT molecular complexity index is 288.